The van der Waals surface area contributed by atoms with Crippen molar-refractivity contribution >= 4 is 5.71 Å². The van der Waals surface area contributed by atoms with Crippen LogP contribution in [0.5, 0.6) is 0 Å². The molecule has 0 bridgehead atoms. The number of rotatable bonds is 9. The van der Waals surface area contributed by atoms with Crippen LogP contribution in [0.15, 0.2) is 17.0 Å². The molecular formula is C13H25LiN2O2. The van der Waals surface area contributed by atoms with Gasteiger partial charge in [0, 0.05) is 12.3 Å². The molecule has 0 saturated carbocycles. The van der Waals surface area contributed by atoms with E-state index in [2.05, 4.69) is 23.7 Å². The average Bonchev–Trinajstić information content (AvgIpc) is 2.29. The van der Waals surface area contributed by atoms with Crippen LogP contribution in [0, 0.1) is 0 Å². The Labute approximate surface area is 123 Å². The smallest absolute Gasteiger partial charge is 0.613 e. The van der Waals surface area contributed by atoms with E-state index >= 15 is 0 Å². The van der Waals surface area contributed by atoms with E-state index in [1.807, 2.05) is 6.92 Å². The van der Waals surface area contributed by atoms with Crippen LogP contribution in [0.3, 0.4) is 0 Å². The molecule has 0 rings (SSSR count). The Morgan fingerprint density at radius 3 is 2.39 bits per heavy atom. The van der Waals surface area contributed by atoms with Gasteiger partial charge in [-0.25, -0.2) is 0 Å². The summed E-state index contributed by atoms with van der Waals surface area (Å²) in [4.78, 5) is 6.68. The van der Waals surface area contributed by atoms with E-state index in [0.717, 1.165) is 38.3 Å². The number of ether oxygens (including phenoxy) is 1. The van der Waals surface area contributed by atoms with Crippen LogP contribution in [0.1, 0.15) is 34.1 Å². The molecule has 4 nitrogen and oxygen atoms in total. The van der Waals surface area contributed by atoms with Gasteiger partial charge in [-0.15, -0.1) is 0 Å². The van der Waals surface area contributed by atoms with Crippen molar-refractivity contribution in [2.24, 2.45) is 4.99 Å². The molecule has 0 atom stereocenters. The number of hydrogen-bond acceptors (Lipinski definition) is 4. The molecule has 0 heterocycles. The maximum atomic E-state index is 11.1. The first kappa shape index (κ1) is 19.9. The molecule has 0 spiro atoms. The number of hydrogen-bond donors (Lipinski definition) is 0. The quantitative estimate of drug-likeness (QED) is 0.214. The summed E-state index contributed by atoms with van der Waals surface area (Å²) in [5, 5.41) is 11.1. The Kier molecular flexibility index (Phi) is 14.4. The van der Waals surface area contributed by atoms with Gasteiger partial charge in [-0.1, -0.05) is 20.8 Å². The van der Waals surface area contributed by atoms with Gasteiger partial charge in [-0.05, 0) is 45.7 Å². The van der Waals surface area contributed by atoms with E-state index in [-0.39, 0.29) is 24.8 Å². The molecule has 0 amide bonds. The fourth-order valence-corrected chi connectivity index (χ4v) is 1.49. The van der Waals surface area contributed by atoms with Gasteiger partial charge in [0.15, 0.2) is 0 Å². The van der Waals surface area contributed by atoms with Crippen LogP contribution in [0.25, 0.3) is 0 Å². The first-order chi connectivity index (χ1) is 8.13. The van der Waals surface area contributed by atoms with Crippen molar-refractivity contribution in [1.29, 1.82) is 0 Å². The summed E-state index contributed by atoms with van der Waals surface area (Å²) < 4.78 is 4.81. The summed E-state index contributed by atoms with van der Waals surface area (Å²) in [7, 11) is 0. The second-order valence-electron chi connectivity index (χ2n) is 3.80. The van der Waals surface area contributed by atoms with E-state index in [9.17, 15) is 5.11 Å². The summed E-state index contributed by atoms with van der Waals surface area (Å²) in [6, 6.07) is 0. The Balaban J connectivity index is 0. The van der Waals surface area contributed by atoms with Gasteiger partial charge in [0.2, 0.25) is 0 Å². The van der Waals surface area contributed by atoms with Gasteiger partial charge < -0.3 is 14.7 Å². The Hall–Kier alpha value is -0.433. The minimum absolute atomic E-state index is 0. The molecule has 18 heavy (non-hydrogen) atoms. The Morgan fingerprint density at radius 2 is 1.89 bits per heavy atom. The molecule has 100 valence electrons. The molecule has 5 heteroatoms. The summed E-state index contributed by atoms with van der Waals surface area (Å²) in [6.45, 7) is 12.3. The van der Waals surface area contributed by atoms with Crippen molar-refractivity contribution in [2.45, 2.75) is 34.1 Å². The minimum Gasteiger partial charge on any atom is -0.613 e. The third-order valence-electron chi connectivity index (χ3n) is 2.50. The molecule has 0 radical (unpaired) electrons. The molecule has 0 unspecified atom stereocenters. The molecule has 0 aromatic carbocycles. The fourth-order valence-electron chi connectivity index (χ4n) is 1.49. The fraction of sp³-hybridized carbons (Fsp3) is 0.769. The van der Waals surface area contributed by atoms with Crippen LogP contribution in [0.2, 0.25) is 0 Å². The Bertz CT molecular complexity index is 251. The van der Waals surface area contributed by atoms with E-state index in [1.165, 1.54) is 6.08 Å². The van der Waals surface area contributed by atoms with Crippen LogP contribution >= 0.6 is 0 Å². The zero-order valence-corrected chi connectivity index (χ0v) is 12.5. The van der Waals surface area contributed by atoms with Gasteiger partial charge in [-0.3, -0.25) is 4.99 Å². The van der Waals surface area contributed by atoms with Crippen molar-refractivity contribution in [1.82, 2.24) is 4.90 Å². The molecule has 0 aliphatic heterocycles. The molecule has 0 N–H and O–H groups in total. The minimum atomic E-state index is -0.308. The van der Waals surface area contributed by atoms with Gasteiger partial charge >= 0.3 is 18.9 Å². The van der Waals surface area contributed by atoms with Gasteiger partial charge in [-0.2, -0.15) is 0 Å². The number of aliphatic imine (C=N–C) groups is 1. The second-order valence-corrected chi connectivity index (χ2v) is 3.80. The van der Waals surface area contributed by atoms with Crippen molar-refractivity contribution in [3.63, 3.8) is 0 Å². The van der Waals surface area contributed by atoms with Gasteiger partial charge in [0.25, 0.3) is 0 Å². The molecule has 0 aromatic heterocycles. The molecule has 0 fully saturated rings. The zero-order valence-electron chi connectivity index (χ0n) is 12.5. The standard InChI is InChI=1S/C13H26N2O2.Li/c1-5-15(6-2)10-8-9-14-12(4)11-13(16)17-7-3;/h11,16H,5-10H2,1-4H3;/q;+1/p-1/b13-11+,14-12?;. The molecule has 0 aliphatic rings. The van der Waals surface area contributed by atoms with Crippen molar-refractivity contribution in [2.75, 3.05) is 32.8 Å². The first-order valence-electron chi connectivity index (χ1n) is 6.38. The third kappa shape index (κ3) is 10.7. The third-order valence-corrected chi connectivity index (χ3v) is 2.50. The zero-order chi connectivity index (χ0) is 13.1. The van der Waals surface area contributed by atoms with Crippen LogP contribution in [-0.2, 0) is 4.74 Å². The summed E-state index contributed by atoms with van der Waals surface area (Å²) in [5.74, 6) is -0.308. The number of allylic oxidation sites excluding steroid dienone is 1. The first-order valence-corrected chi connectivity index (χ1v) is 6.38. The molecule has 0 aliphatic carbocycles. The van der Waals surface area contributed by atoms with E-state index in [0.29, 0.717) is 6.61 Å². The largest absolute Gasteiger partial charge is 1.00 e. The number of nitrogens with zero attached hydrogens (tertiary/aromatic N) is 2. The van der Waals surface area contributed by atoms with Crippen molar-refractivity contribution in [3.8, 4) is 0 Å². The van der Waals surface area contributed by atoms with Crippen LogP contribution in [-0.4, -0.2) is 43.4 Å². The maximum Gasteiger partial charge on any atom is 1.00 e. The summed E-state index contributed by atoms with van der Waals surface area (Å²) in [5.41, 5.74) is 0.739. The van der Waals surface area contributed by atoms with Crippen LogP contribution in [0.4, 0.5) is 0 Å². The molecule has 0 aromatic rings. The average molecular weight is 248 g/mol. The SMILES string of the molecule is CCO/C([O-])=C/C(C)=NCCCN(CC)CC.[Li+]. The van der Waals surface area contributed by atoms with E-state index in [1.54, 1.807) is 6.92 Å². The normalized spacial score (nSPS) is 12.5. The Morgan fingerprint density at radius 1 is 1.28 bits per heavy atom. The summed E-state index contributed by atoms with van der Waals surface area (Å²) in [6.07, 6.45) is 2.47. The monoisotopic (exact) mass is 248 g/mol. The predicted octanol–water partition coefficient (Wildman–Crippen LogP) is -1.58. The molecular weight excluding hydrogens is 223 g/mol. The predicted molar refractivity (Wildman–Crippen MR) is 70.1 cm³/mol. The summed E-state index contributed by atoms with van der Waals surface area (Å²) >= 11 is 0. The topological polar surface area (TPSA) is 47.9 Å². The van der Waals surface area contributed by atoms with Crippen molar-refractivity contribution < 1.29 is 28.7 Å². The van der Waals surface area contributed by atoms with Crippen molar-refractivity contribution in [3.05, 3.63) is 12.0 Å². The van der Waals surface area contributed by atoms with Crippen LogP contribution < -0.4 is 24.0 Å². The second kappa shape index (κ2) is 13.0. The maximum absolute atomic E-state index is 11.1. The van der Waals surface area contributed by atoms with E-state index in [4.69, 9.17) is 4.74 Å². The van der Waals surface area contributed by atoms with Gasteiger partial charge in [0.05, 0.1) is 5.95 Å². The van der Waals surface area contributed by atoms with E-state index < -0.39 is 0 Å². The molecule has 0 saturated heterocycles. The van der Waals surface area contributed by atoms with Gasteiger partial charge in [0.1, 0.15) is 0 Å².